The van der Waals surface area contributed by atoms with Crippen molar-refractivity contribution in [3.05, 3.63) is 66.1 Å². The molecule has 0 atom stereocenters. The molecule has 0 saturated carbocycles. The molecule has 9 heteroatoms. The van der Waals surface area contributed by atoms with Crippen LogP contribution in [0.1, 0.15) is 18.4 Å². The normalized spacial score (nSPS) is 11.1. The van der Waals surface area contributed by atoms with Gasteiger partial charge in [-0.25, -0.2) is 4.79 Å². The molecule has 0 radical (unpaired) electrons. The minimum Gasteiger partial charge on any atom is -0.490 e. The Hall–Kier alpha value is -3.75. The summed E-state index contributed by atoms with van der Waals surface area (Å²) in [5.41, 5.74) is 1.30. The number of ether oxygens (including phenoxy) is 3. The van der Waals surface area contributed by atoms with Gasteiger partial charge < -0.3 is 18.6 Å². The lowest BCUT2D eigenvalue weighted by Crippen LogP contribution is -2.04. The maximum atomic E-state index is 12.4. The molecule has 156 valence electrons. The number of carbonyl (C=O) groups is 1. The van der Waals surface area contributed by atoms with Gasteiger partial charge in [-0.3, -0.25) is 0 Å². The molecule has 0 spiro atoms. The van der Waals surface area contributed by atoms with Crippen molar-refractivity contribution in [2.24, 2.45) is 0 Å². The van der Waals surface area contributed by atoms with Gasteiger partial charge in [0.15, 0.2) is 18.1 Å². The van der Waals surface area contributed by atoms with Crippen LogP contribution in [-0.4, -0.2) is 29.4 Å². The zero-order valence-corrected chi connectivity index (χ0v) is 16.0. The van der Waals surface area contributed by atoms with Crippen LogP contribution in [0.5, 0.6) is 11.5 Å². The average Bonchev–Trinajstić information content (AvgIpc) is 3.22. The number of benzene rings is 2. The van der Waals surface area contributed by atoms with Crippen LogP contribution in [0.4, 0.5) is 8.78 Å². The fourth-order valence-electron chi connectivity index (χ4n) is 2.44. The Morgan fingerprint density at radius 3 is 2.67 bits per heavy atom. The molecule has 0 amide bonds. The van der Waals surface area contributed by atoms with Crippen molar-refractivity contribution in [2.45, 2.75) is 20.1 Å². The molecule has 1 heterocycles. The molecule has 0 saturated heterocycles. The molecule has 3 rings (SSSR count). The zero-order chi connectivity index (χ0) is 21.3. The summed E-state index contributed by atoms with van der Waals surface area (Å²) >= 11 is 0. The van der Waals surface area contributed by atoms with Crippen LogP contribution >= 0.6 is 0 Å². The fraction of sp³-hybridized carbons (Fsp3) is 0.190. The first-order valence-corrected chi connectivity index (χ1v) is 8.99. The van der Waals surface area contributed by atoms with Gasteiger partial charge in [0.2, 0.25) is 5.89 Å². The summed E-state index contributed by atoms with van der Waals surface area (Å²) in [6.45, 7) is -1.17. The highest BCUT2D eigenvalue weighted by Gasteiger charge is 2.12. The van der Waals surface area contributed by atoms with Gasteiger partial charge >= 0.3 is 12.6 Å². The highest BCUT2D eigenvalue weighted by atomic mass is 19.3. The summed E-state index contributed by atoms with van der Waals surface area (Å²) in [7, 11) is 0. The van der Waals surface area contributed by atoms with E-state index in [4.69, 9.17) is 13.9 Å². The summed E-state index contributed by atoms with van der Waals surface area (Å²) in [6.07, 6.45) is 2.65. The smallest absolute Gasteiger partial charge is 0.387 e. The molecule has 0 bridgehead atoms. The first-order valence-electron chi connectivity index (χ1n) is 8.99. The van der Waals surface area contributed by atoms with Crippen molar-refractivity contribution in [2.75, 3.05) is 6.61 Å². The van der Waals surface area contributed by atoms with E-state index in [9.17, 15) is 13.6 Å². The van der Waals surface area contributed by atoms with Crippen molar-refractivity contribution in [3.63, 3.8) is 0 Å². The predicted octanol–water partition coefficient (Wildman–Crippen LogP) is 4.49. The largest absolute Gasteiger partial charge is 0.490 e. The first-order chi connectivity index (χ1) is 14.5. The Morgan fingerprint density at radius 1 is 1.13 bits per heavy atom. The van der Waals surface area contributed by atoms with Gasteiger partial charge in [-0.2, -0.15) is 8.78 Å². The summed E-state index contributed by atoms with van der Waals surface area (Å²) in [5.74, 6) is -0.0976. The zero-order valence-electron chi connectivity index (χ0n) is 16.0. The number of esters is 1. The van der Waals surface area contributed by atoms with Crippen LogP contribution in [0.2, 0.25) is 0 Å². The van der Waals surface area contributed by atoms with Gasteiger partial charge in [-0.15, -0.1) is 10.2 Å². The van der Waals surface area contributed by atoms with Crippen molar-refractivity contribution in [1.82, 2.24) is 10.2 Å². The Labute approximate surface area is 170 Å². The highest BCUT2D eigenvalue weighted by molar-refractivity contribution is 5.87. The van der Waals surface area contributed by atoms with E-state index in [0.29, 0.717) is 11.5 Å². The number of hydrogen-bond acceptors (Lipinski definition) is 7. The third-order valence-corrected chi connectivity index (χ3v) is 3.72. The second kappa shape index (κ2) is 10.1. The van der Waals surface area contributed by atoms with E-state index < -0.39 is 12.6 Å². The highest BCUT2D eigenvalue weighted by Crippen LogP contribution is 2.30. The molecule has 7 nitrogen and oxygen atoms in total. The van der Waals surface area contributed by atoms with E-state index in [2.05, 4.69) is 14.9 Å². The molecule has 0 aliphatic rings. The molecule has 3 aromatic rings. The molecular formula is C21H18F2N2O5. The topological polar surface area (TPSA) is 83.7 Å². The van der Waals surface area contributed by atoms with E-state index in [1.54, 1.807) is 6.92 Å². The molecule has 0 aliphatic carbocycles. The molecule has 0 unspecified atom stereocenters. The average molecular weight is 416 g/mol. The Kier molecular flexibility index (Phi) is 7.09. The summed E-state index contributed by atoms with van der Waals surface area (Å²) in [4.78, 5) is 11.9. The number of aromatic nitrogens is 2. The van der Waals surface area contributed by atoms with Gasteiger partial charge in [0.1, 0.15) is 0 Å². The standard InChI is InChI=1S/C21H18F2N2O5/c1-2-27-17-12-14(8-10-16(17)29-21(22)23)9-11-19(26)28-13-18-24-25-20(30-18)15-6-4-3-5-7-15/h3-12,21H,2,13H2,1H3/b11-9+. The minimum absolute atomic E-state index is 0.0859. The van der Waals surface area contributed by atoms with Gasteiger partial charge in [-0.1, -0.05) is 24.3 Å². The van der Waals surface area contributed by atoms with Crippen LogP contribution < -0.4 is 9.47 Å². The van der Waals surface area contributed by atoms with Crippen LogP contribution in [0.15, 0.2) is 59.0 Å². The lowest BCUT2D eigenvalue weighted by Gasteiger charge is -2.11. The fourth-order valence-corrected chi connectivity index (χ4v) is 2.44. The summed E-state index contributed by atoms with van der Waals surface area (Å²) in [5, 5.41) is 7.75. The van der Waals surface area contributed by atoms with E-state index in [-0.39, 0.29) is 30.6 Å². The number of nitrogens with zero attached hydrogens (tertiary/aromatic N) is 2. The monoisotopic (exact) mass is 416 g/mol. The van der Waals surface area contributed by atoms with E-state index in [1.165, 1.54) is 30.4 Å². The van der Waals surface area contributed by atoms with Gasteiger partial charge in [-0.05, 0) is 42.8 Å². The molecule has 0 N–H and O–H groups in total. The number of hydrogen-bond donors (Lipinski definition) is 0. The van der Waals surface area contributed by atoms with Crippen molar-refractivity contribution in [1.29, 1.82) is 0 Å². The number of halogens is 2. The second-order valence-corrected chi connectivity index (χ2v) is 5.83. The first kappa shape index (κ1) is 21.0. The third-order valence-electron chi connectivity index (χ3n) is 3.72. The van der Waals surface area contributed by atoms with Crippen molar-refractivity contribution < 1.29 is 32.2 Å². The van der Waals surface area contributed by atoms with Crippen LogP contribution in [0.25, 0.3) is 17.5 Å². The number of rotatable bonds is 9. The molecule has 2 aromatic carbocycles. The van der Waals surface area contributed by atoms with Crippen molar-refractivity contribution >= 4 is 12.0 Å². The Bertz CT molecular complexity index is 1010. The summed E-state index contributed by atoms with van der Waals surface area (Å²) in [6, 6.07) is 13.5. The lowest BCUT2D eigenvalue weighted by molar-refractivity contribution is -0.139. The van der Waals surface area contributed by atoms with Gasteiger partial charge in [0.05, 0.1) is 6.61 Å². The van der Waals surface area contributed by atoms with E-state index >= 15 is 0 Å². The molecular weight excluding hydrogens is 398 g/mol. The molecule has 0 aliphatic heterocycles. The van der Waals surface area contributed by atoms with Crippen LogP contribution in [0.3, 0.4) is 0 Å². The number of alkyl halides is 2. The number of carbonyl (C=O) groups excluding carboxylic acids is 1. The van der Waals surface area contributed by atoms with Gasteiger partial charge in [0.25, 0.3) is 5.89 Å². The summed E-state index contributed by atoms with van der Waals surface area (Å²) < 4.78 is 45.1. The third kappa shape index (κ3) is 5.87. The minimum atomic E-state index is -2.97. The Morgan fingerprint density at radius 2 is 1.93 bits per heavy atom. The quantitative estimate of drug-likeness (QED) is 0.375. The molecule has 0 fully saturated rings. The van der Waals surface area contributed by atoms with Crippen LogP contribution in [0, 0.1) is 0 Å². The predicted molar refractivity (Wildman–Crippen MR) is 103 cm³/mol. The molecule has 30 heavy (non-hydrogen) atoms. The lowest BCUT2D eigenvalue weighted by atomic mass is 10.2. The van der Waals surface area contributed by atoms with Crippen molar-refractivity contribution in [3.8, 4) is 23.0 Å². The maximum absolute atomic E-state index is 12.4. The SMILES string of the molecule is CCOc1cc(/C=C/C(=O)OCc2nnc(-c3ccccc3)o2)ccc1OC(F)F. The van der Waals surface area contributed by atoms with E-state index in [1.807, 2.05) is 30.3 Å². The van der Waals surface area contributed by atoms with Crippen LogP contribution in [-0.2, 0) is 16.1 Å². The Balaban J connectivity index is 1.58. The maximum Gasteiger partial charge on any atom is 0.387 e. The molecule has 1 aromatic heterocycles. The van der Waals surface area contributed by atoms with Gasteiger partial charge in [0, 0.05) is 11.6 Å². The van der Waals surface area contributed by atoms with E-state index in [0.717, 1.165) is 5.56 Å². The second-order valence-electron chi connectivity index (χ2n) is 5.83.